The van der Waals surface area contributed by atoms with E-state index in [9.17, 15) is 15.0 Å². The van der Waals surface area contributed by atoms with Gasteiger partial charge in [-0.2, -0.15) is 0 Å². The molecule has 3 N–H and O–H groups in total. The Morgan fingerprint density at radius 1 is 1.56 bits per heavy atom. The van der Waals surface area contributed by atoms with Crippen LogP contribution < -0.4 is 34.3 Å². The minimum atomic E-state index is -1.61. The van der Waals surface area contributed by atoms with E-state index in [2.05, 4.69) is 0 Å². The summed E-state index contributed by atoms with van der Waals surface area (Å²) in [6, 6.07) is 3.92. The van der Waals surface area contributed by atoms with Crippen LogP contribution in [0.25, 0.3) is 0 Å². The van der Waals surface area contributed by atoms with Crippen LogP contribution in [0.3, 0.4) is 0 Å². The summed E-state index contributed by atoms with van der Waals surface area (Å²) in [6.07, 6.45) is -1.61. The number of hydrogen-bond acceptors (Lipinski definition) is 4. The third-order valence-corrected chi connectivity index (χ3v) is 1.83. The number of phenols is 1. The topological polar surface area (TPSA) is 87.0 Å². The molecule has 0 aliphatic heterocycles. The monoisotopic (exact) mass is 236 g/mol. The Morgan fingerprint density at radius 2 is 2.19 bits per heavy atom. The molecule has 0 aromatic heterocycles. The molecule has 1 atom stereocenters. The molecular formula is C10H13NaO5. The molecule has 0 spiro atoms. The number of rotatable bonds is 4. The molecule has 6 heteroatoms. The van der Waals surface area contributed by atoms with Gasteiger partial charge < -0.3 is 21.5 Å². The van der Waals surface area contributed by atoms with Gasteiger partial charge in [0.05, 0.1) is 6.61 Å². The van der Waals surface area contributed by atoms with Gasteiger partial charge in [0.15, 0.2) is 17.6 Å². The summed E-state index contributed by atoms with van der Waals surface area (Å²) < 4.78 is 5.05. The van der Waals surface area contributed by atoms with Gasteiger partial charge in [-0.05, 0) is 24.6 Å². The molecule has 0 aliphatic carbocycles. The Balaban J connectivity index is 0. The van der Waals surface area contributed by atoms with Gasteiger partial charge in [-0.25, -0.2) is 4.79 Å². The standard InChI is InChI=1S/C10H12O5.Na.H/c1-2-15-8-5-6(3-4-7(8)11)9(12)10(13)14;;/h3-5,9,11-12H,2H2,1H3,(H,13,14);;/q;+1;-1. The van der Waals surface area contributed by atoms with Gasteiger partial charge in [-0.3, -0.25) is 0 Å². The normalized spacial score (nSPS) is 11.4. The zero-order valence-corrected chi connectivity index (χ0v) is 11.2. The minimum Gasteiger partial charge on any atom is -1.00 e. The quantitative estimate of drug-likeness (QED) is 0.528. The van der Waals surface area contributed by atoms with Gasteiger partial charge >= 0.3 is 35.5 Å². The van der Waals surface area contributed by atoms with Crippen LogP contribution in [-0.2, 0) is 4.79 Å². The molecule has 16 heavy (non-hydrogen) atoms. The molecule has 1 aromatic carbocycles. The molecule has 0 saturated heterocycles. The maximum atomic E-state index is 10.5. The van der Waals surface area contributed by atoms with Crippen molar-refractivity contribution in [1.29, 1.82) is 0 Å². The largest absolute Gasteiger partial charge is 1.00 e. The summed E-state index contributed by atoms with van der Waals surface area (Å²) in [6.45, 7) is 2.08. The molecule has 0 aliphatic rings. The Bertz CT molecular complexity index is 372. The van der Waals surface area contributed by atoms with E-state index >= 15 is 0 Å². The van der Waals surface area contributed by atoms with Crippen molar-refractivity contribution in [3.63, 3.8) is 0 Å². The smallest absolute Gasteiger partial charge is 1.00 e. The Morgan fingerprint density at radius 3 is 2.69 bits per heavy atom. The number of aliphatic hydroxyl groups excluding tert-OH is 1. The predicted octanol–water partition coefficient (Wildman–Crippen LogP) is -1.97. The van der Waals surface area contributed by atoms with Crippen molar-refractivity contribution in [1.82, 2.24) is 0 Å². The van der Waals surface area contributed by atoms with E-state index in [0.717, 1.165) is 0 Å². The first kappa shape index (κ1) is 15.2. The third-order valence-electron chi connectivity index (χ3n) is 1.83. The number of carboxylic acids is 1. The van der Waals surface area contributed by atoms with Crippen LogP contribution in [-0.4, -0.2) is 27.9 Å². The minimum absolute atomic E-state index is 0. The van der Waals surface area contributed by atoms with E-state index < -0.39 is 12.1 Å². The zero-order chi connectivity index (χ0) is 11.4. The summed E-state index contributed by atoms with van der Waals surface area (Å²) in [4.78, 5) is 10.5. The van der Waals surface area contributed by atoms with E-state index in [1.807, 2.05) is 0 Å². The fourth-order valence-corrected chi connectivity index (χ4v) is 1.11. The van der Waals surface area contributed by atoms with Crippen molar-refractivity contribution in [3.05, 3.63) is 23.8 Å². The molecule has 0 bridgehead atoms. The third kappa shape index (κ3) is 3.68. The van der Waals surface area contributed by atoms with Crippen molar-refractivity contribution in [2.24, 2.45) is 0 Å². The first-order valence-corrected chi connectivity index (χ1v) is 4.42. The van der Waals surface area contributed by atoms with Crippen LogP contribution in [0.2, 0.25) is 0 Å². The van der Waals surface area contributed by atoms with E-state index in [1.54, 1.807) is 6.92 Å². The van der Waals surface area contributed by atoms with Gasteiger partial charge in [-0.15, -0.1) is 0 Å². The zero-order valence-electron chi connectivity index (χ0n) is 10.2. The number of aromatic hydroxyl groups is 1. The second kappa shape index (κ2) is 6.75. The molecule has 0 amide bonds. The molecule has 0 fully saturated rings. The molecular weight excluding hydrogens is 223 g/mol. The second-order valence-electron chi connectivity index (χ2n) is 2.90. The summed E-state index contributed by atoms with van der Waals surface area (Å²) in [7, 11) is 0. The number of phenolic OH excluding ortho intramolecular Hbond substituents is 1. The van der Waals surface area contributed by atoms with Crippen molar-refractivity contribution in [2.75, 3.05) is 6.61 Å². The number of carbonyl (C=O) groups is 1. The number of benzene rings is 1. The Kier molecular flexibility index (Phi) is 6.43. The molecule has 0 saturated carbocycles. The number of aliphatic hydroxyl groups is 1. The van der Waals surface area contributed by atoms with Crippen molar-refractivity contribution in [3.8, 4) is 11.5 Å². The fourth-order valence-electron chi connectivity index (χ4n) is 1.11. The predicted molar refractivity (Wildman–Crippen MR) is 53.0 cm³/mol. The molecule has 0 heterocycles. The first-order chi connectivity index (χ1) is 7.06. The number of carboxylic acid groups (broad SMARTS) is 1. The molecule has 5 nitrogen and oxygen atoms in total. The van der Waals surface area contributed by atoms with Crippen molar-refractivity contribution >= 4 is 5.97 Å². The molecule has 1 rings (SSSR count). The van der Waals surface area contributed by atoms with Crippen molar-refractivity contribution < 1.29 is 55.8 Å². The number of aliphatic carboxylic acids is 1. The fraction of sp³-hybridized carbons (Fsp3) is 0.300. The summed E-state index contributed by atoms with van der Waals surface area (Å²) in [5.41, 5.74) is 0.170. The van der Waals surface area contributed by atoms with Gasteiger partial charge in [-0.1, -0.05) is 6.07 Å². The maximum Gasteiger partial charge on any atom is 1.00 e. The first-order valence-electron chi connectivity index (χ1n) is 4.42. The van der Waals surface area contributed by atoms with E-state index in [0.29, 0.717) is 6.61 Å². The second-order valence-corrected chi connectivity index (χ2v) is 2.90. The van der Waals surface area contributed by atoms with Crippen LogP contribution in [0.5, 0.6) is 11.5 Å². The Hall–Kier alpha value is -0.750. The van der Waals surface area contributed by atoms with Gasteiger partial charge in [0.25, 0.3) is 0 Å². The maximum absolute atomic E-state index is 10.5. The number of ether oxygens (including phenoxy) is 1. The Labute approximate surface area is 116 Å². The summed E-state index contributed by atoms with van der Waals surface area (Å²) in [5, 5.41) is 27.1. The van der Waals surface area contributed by atoms with Gasteiger partial charge in [0.2, 0.25) is 0 Å². The van der Waals surface area contributed by atoms with Crippen LogP contribution in [0, 0.1) is 0 Å². The van der Waals surface area contributed by atoms with Crippen LogP contribution in [0.4, 0.5) is 0 Å². The van der Waals surface area contributed by atoms with E-state index in [-0.39, 0.29) is 48.0 Å². The van der Waals surface area contributed by atoms with Crippen LogP contribution in [0.15, 0.2) is 18.2 Å². The van der Waals surface area contributed by atoms with Gasteiger partial charge in [0.1, 0.15) is 0 Å². The summed E-state index contributed by atoms with van der Waals surface area (Å²) in [5.74, 6) is -1.27. The molecule has 1 aromatic rings. The molecule has 84 valence electrons. The van der Waals surface area contributed by atoms with Crippen LogP contribution in [0.1, 0.15) is 20.0 Å². The van der Waals surface area contributed by atoms with Crippen LogP contribution >= 0.6 is 0 Å². The SMILES string of the molecule is CCOc1cc(C(O)C(=O)O)ccc1O.[H-].[Na+]. The number of hydrogen-bond donors (Lipinski definition) is 3. The summed E-state index contributed by atoms with van der Waals surface area (Å²) >= 11 is 0. The average molecular weight is 236 g/mol. The molecule has 0 radical (unpaired) electrons. The van der Waals surface area contributed by atoms with Gasteiger partial charge in [0, 0.05) is 0 Å². The average Bonchev–Trinajstić information content (AvgIpc) is 2.20. The van der Waals surface area contributed by atoms with E-state index in [1.165, 1.54) is 18.2 Å². The molecule has 1 unspecified atom stereocenters. The van der Waals surface area contributed by atoms with E-state index in [4.69, 9.17) is 9.84 Å². The van der Waals surface area contributed by atoms with Crippen molar-refractivity contribution in [2.45, 2.75) is 13.0 Å².